The zero-order valence-corrected chi connectivity index (χ0v) is 11.4. The summed E-state index contributed by atoms with van der Waals surface area (Å²) in [7, 11) is 0. The summed E-state index contributed by atoms with van der Waals surface area (Å²) in [4.78, 5) is 15.6. The predicted molar refractivity (Wildman–Crippen MR) is 73.6 cm³/mol. The third-order valence-electron chi connectivity index (χ3n) is 1.97. The number of amides is 2. The Kier molecular flexibility index (Phi) is 3.92. The predicted octanol–water partition coefficient (Wildman–Crippen LogP) is 3.42. The van der Waals surface area contributed by atoms with E-state index in [4.69, 9.17) is 5.26 Å². The summed E-state index contributed by atoms with van der Waals surface area (Å²) in [6, 6.07) is 8.23. The van der Waals surface area contributed by atoms with Crippen LogP contribution in [-0.2, 0) is 0 Å². The zero-order valence-electron chi connectivity index (χ0n) is 8.98. The van der Waals surface area contributed by atoms with Crippen molar-refractivity contribution >= 4 is 44.1 Å². The third-order valence-corrected chi connectivity index (χ3v) is 3.36. The number of benzene rings is 1. The fourth-order valence-electron chi connectivity index (χ4n) is 1.20. The van der Waals surface area contributed by atoms with Crippen molar-refractivity contribution in [2.75, 3.05) is 10.6 Å². The molecule has 0 atom stereocenters. The molecule has 0 radical (unpaired) electrons. The van der Waals surface area contributed by atoms with Gasteiger partial charge in [-0.1, -0.05) is 11.3 Å². The van der Waals surface area contributed by atoms with Gasteiger partial charge in [-0.2, -0.15) is 5.26 Å². The molecule has 2 amide bonds. The first kappa shape index (κ1) is 12.5. The summed E-state index contributed by atoms with van der Waals surface area (Å²) >= 11 is 4.58. The molecule has 0 saturated heterocycles. The molecule has 5 nitrogen and oxygen atoms in total. The number of carbonyl (C=O) groups excluding carboxylic acids is 1. The van der Waals surface area contributed by atoms with Gasteiger partial charge in [0.2, 0.25) is 0 Å². The van der Waals surface area contributed by atoms with Crippen molar-refractivity contribution in [1.82, 2.24) is 4.98 Å². The topological polar surface area (TPSA) is 77.8 Å². The number of rotatable bonds is 2. The first-order chi connectivity index (χ1) is 8.67. The van der Waals surface area contributed by atoms with Crippen LogP contribution in [0.4, 0.5) is 15.6 Å². The van der Waals surface area contributed by atoms with Gasteiger partial charge in [0, 0.05) is 5.69 Å². The molecule has 1 heterocycles. The second kappa shape index (κ2) is 5.62. The number of thiazole rings is 1. The molecular weight excluding hydrogens is 316 g/mol. The van der Waals surface area contributed by atoms with Crippen molar-refractivity contribution in [3.05, 3.63) is 39.8 Å². The second-order valence-corrected chi connectivity index (χ2v) is 5.65. The minimum Gasteiger partial charge on any atom is -0.308 e. The first-order valence-corrected chi connectivity index (χ1v) is 6.48. The Labute approximate surface area is 116 Å². The Balaban J connectivity index is 1.96. The van der Waals surface area contributed by atoms with E-state index in [1.165, 1.54) is 11.3 Å². The molecule has 0 saturated carbocycles. The van der Waals surface area contributed by atoms with Crippen LogP contribution in [0.3, 0.4) is 0 Å². The molecular formula is C11H7BrN4OS. The minimum absolute atomic E-state index is 0.374. The number of nitrogens with one attached hydrogen (secondary N) is 2. The van der Waals surface area contributed by atoms with Crippen LogP contribution >= 0.6 is 27.3 Å². The molecule has 0 aliphatic heterocycles. The summed E-state index contributed by atoms with van der Waals surface area (Å²) in [6.07, 6.45) is 1.61. The quantitative estimate of drug-likeness (QED) is 0.889. The van der Waals surface area contributed by atoms with E-state index in [2.05, 4.69) is 31.5 Å². The number of aromatic nitrogens is 1. The fourth-order valence-corrected chi connectivity index (χ4v) is 2.30. The van der Waals surface area contributed by atoms with Crippen molar-refractivity contribution in [2.24, 2.45) is 0 Å². The van der Waals surface area contributed by atoms with Crippen LogP contribution < -0.4 is 10.6 Å². The number of urea groups is 1. The monoisotopic (exact) mass is 322 g/mol. The van der Waals surface area contributed by atoms with Gasteiger partial charge in [0.25, 0.3) is 0 Å². The summed E-state index contributed by atoms with van der Waals surface area (Å²) < 4.78 is 0.844. The molecule has 1 aromatic heterocycles. The Morgan fingerprint density at radius 3 is 2.61 bits per heavy atom. The molecule has 0 aliphatic rings. The molecule has 0 spiro atoms. The Hall–Kier alpha value is -1.91. The molecule has 2 rings (SSSR count). The summed E-state index contributed by atoms with van der Waals surface area (Å²) in [5.41, 5.74) is 1.16. The van der Waals surface area contributed by atoms with Crippen molar-refractivity contribution < 1.29 is 4.79 Å². The van der Waals surface area contributed by atoms with E-state index in [0.717, 1.165) is 3.79 Å². The van der Waals surface area contributed by atoms with E-state index >= 15 is 0 Å². The largest absolute Gasteiger partial charge is 0.325 e. The van der Waals surface area contributed by atoms with Gasteiger partial charge in [-0.3, -0.25) is 5.32 Å². The minimum atomic E-state index is -0.374. The van der Waals surface area contributed by atoms with E-state index in [1.807, 2.05) is 6.07 Å². The molecule has 0 bridgehead atoms. The van der Waals surface area contributed by atoms with Crippen LogP contribution in [0.15, 0.2) is 34.2 Å². The third kappa shape index (κ3) is 3.29. The number of nitrogens with zero attached hydrogens (tertiary/aromatic N) is 2. The summed E-state index contributed by atoms with van der Waals surface area (Å²) in [6.45, 7) is 0. The van der Waals surface area contributed by atoms with Crippen molar-refractivity contribution in [1.29, 1.82) is 5.26 Å². The first-order valence-electron chi connectivity index (χ1n) is 4.87. The standard InChI is InChI=1S/C11H7BrN4OS/c12-9-6-14-11(18-9)16-10(17)15-8-3-1-7(5-13)2-4-8/h1-4,6H,(H2,14,15,16,17). The molecule has 0 aliphatic carbocycles. The van der Waals surface area contributed by atoms with Crippen molar-refractivity contribution in [3.8, 4) is 6.07 Å². The SMILES string of the molecule is N#Cc1ccc(NC(=O)Nc2ncc(Br)s2)cc1. The van der Waals surface area contributed by atoms with Crippen LogP contribution in [0.2, 0.25) is 0 Å². The van der Waals surface area contributed by atoms with Gasteiger partial charge >= 0.3 is 6.03 Å². The van der Waals surface area contributed by atoms with Crippen LogP contribution in [0, 0.1) is 11.3 Å². The van der Waals surface area contributed by atoms with Gasteiger partial charge in [-0.05, 0) is 40.2 Å². The smallest absolute Gasteiger partial charge is 0.308 e. The highest BCUT2D eigenvalue weighted by Gasteiger charge is 2.05. The van der Waals surface area contributed by atoms with Crippen molar-refractivity contribution in [2.45, 2.75) is 0 Å². The maximum absolute atomic E-state index is 11.6. The van der Waals surface area contributed by atoms with Gasteiger partial charge in [0.1, 0.15) is 0 Å². The zero-order chi connectivity index (χ0) is 13.0. The number of hydrogen-bond donors (Lipinski definition) is 2. The average molecular weight is 323 g/mol. The van der Waals surface area contributed by atoms with Crippen LogP contribution in [0.5, 0.6) is 0 Å². The van der Waals surface area contributed by atoms with Gasteiger partial charge in [-0.25, -0.2) is 9.78 Å². The van der Waals surface area contributed by atoms with Gasteiger partial charge in [0.15, 0.2) is 5.13 Å². The number of hydrogen-bond acceptors (Lipinski definition) is 4. The molecule has 0 unspecified atom stereocenters. The van der Waals surface area contributed by atoms with E-state index in [1.54, 1.807) is 30.5 Å². The maximum atomic E-state index is 11.6. The van der Waals surface area contributed by atoms with Gasteiger partial charge in [-0.15, -0.1) is 0 Å². The number of carbonyl (C=O) groups is 1. The molecule has 2 aromatic rings. The fraction of sp³-hybridized carbons (Fsp3) is 0. The lowest BCUT2D eigenvalue weighted by molar-refractivity contribution is 0.262. The van der Waals surface area contributed by atoms with E-state index in [0.29, 0.717) is 16.4 Å². The van der Waals surface area contributed by atoms with Gasteiger partial charge in [0.05, 0.1) is 21.6 Å². The van der Waals surface area contributed by atoms with E-state index in [-0.39, 0.29) is 6.03 Å². The van der Waals surface area contributed by atoms with Gasteiger partial charge < -0.3 is 5.32 Å². The highest BCUT2D eigenvalue weighted by molar-refractivity contribution is 9.11. The summed E-state index contributed by atoms with van der Waals surface area (Å²) in [5, 5.41) is 14.4. The lowest BCUT2D eigenvalue weighted by Gasteiger charge is -2.04. The van der Waals surface area contributed by atoms with E-state index in [9.17, 15) is 4.79 Å². The lowest BCUT2D eigenvalue weighted by Crippen LogP contribution is -2.19. The normalized spacial score (nSPS) is 9.56. The molecule has 7 heteroatoms. The Morgan fingerprint density at radius 1 is 1.33 bits per heavy atom. The highest BCUT2D eigenvalue weighted by atomic mass is 79.9. The van der Waals surface area contributed by atoms with Crippen LogP contribution in [-0.4, -0.2) is 11.0 Å². The molecule has 18 heavy (non-hydrogen) atoms. The number of nitriles is 1. The Morgan fingerprint density at radius 2 is 2.06 bits per heavy atom. The molecule has 2 N–H and O–H groups in total. The number of halogens is 1. The second-order valence-electron chi connectivity index (χ2n) is 3.24. The van der Waals surface area contributed by atoms with Crippen LogP contribution in [0.1, 0.15) is 5.56 Å². The molecule has 90 valence electrons. The molecule has 0 fully saturated rings. The Bertz CT molecular complexity index is 602. The van der Waals surface area contributed by atoms with Crippen molar-refractivity contribution in [3.63, 3.8) is 0 Å². The average Bonchev–Trinajstić information content (AvgIpc) is 2.75. The lowest BCUT2D eigenvalue weighted by atomic mass is 10.2. The molecule has 1 aromatic carbocycles. The number of anilines is 2. The highest BCUT2D eigenvalue weighted by Crippen LogP contribution is 2.23. The van der Waals surface area contributed by atoms with Crippen LogP contribution in [0.25, 0.3) is 0 Å². The maximum Gasteiger partial charge on any atom is 0.325 e. The van der Waals surface area contributed by atoms with E-state index < -0.39 is 0 Å². The summed E-state index contributed by atoms with van der Waals surface area (Å²) in [5.74, 6) is 0.